The lowest BCUT2D eigenvalue weighted by atomic mass is 10.2. The van der Waals surface area contributed by atoms with Crippen LogP contribution in [0.25, 0.3) is 0 Å². The summed E-state index contributed by atoms with van der Waals surface area (Å²) in [5, 5.41) is 0. The van der Waals surface area contributed by atoms with E-state index in [1.165, 1.54) is 0 Å². The number of rotatable bonds is 2. The molecule has 2 rings (SSSR count). The number of nitrogens with zero attached hydrogens (tertiary/aromatic N) is 3. The second kappa shape index (κ2) is 4.99. The van der Waals surface area contributed by atoms with Crippen LogP contribution >= 0.6 is 0 Å². The molecule has 0 spiro atoms. The third kappa shape index (κ3) is 2.83. The highest BCUT2D eigenvalue weighted by molar-refractivity contribution is 5.79. The molecule has 92 valence electrons. The first-order valence-corrected chi connectivity index (χ1v) is 5.67. The van der Waals surface area contributed by atoms with Gasteiger partial charge in [0.1, 0.15) is 0 Å². The molecule has 2 amide bonds. The summed E-state index contributed by atoms with van der Waals surface area (Å²) in [6.07, 6.45) is 3.57. The molecule has 1 aromatic heterocycles. The summed E-state index contributed by atoms with van der Waals surface area (Å²) in [5.41, 5.74) is 0.823. The van der Waals surface area contributed by atoms with Gasteiger partial charge in [-0.3, -0.25) is 9.59 Å². The maximum absolute atomic E-state index is 11.9. The van der Waals surface area contributed by atoms with E-state index in [2.05, 4.69) is 9.97 Å². The Morgan fingerprint density at radius 1 is 1.29 bits per heavy atom. The Morgan fingerprint density at radius 3 is 2.47 bits per heavy atom. The summed E-state index contributed by atoms with van der Waals surface area (Å²) >= 11 is 0. The lowest BCUT2D eigenvalue weighted by Crippen LogP contribution is -2.50. The smallest absolute Gasteiger partial charge is 0.228 e. The Labute approximate surface area is 99.6 Å². The average molecular weight is 236 g/mol. The molecule has 1 aliphatic rings. The normalized spacial score (nSPS) is 16.1. The minimum atomic E-state index is 0.0747. The maximum atomic E-state index is 11.9. The predicted octanol–water partition coefficient (Wildman–Crippen LogP) is -0.357. The highest BCUT2D eigenvalue weighted by Crippen LogP contribution is 2.05. The number of aromatic amines is 1. The highest BCUT2D eigenvalue weighted by Gasteiger charge is 2.22. The van der Waals surface area contributed by atoms with Gasteiger partial charge in [0.15, 0.2) is 0 Å². The summed E-state index contributed by atoms with van der Waals surface area (Å²) in [5.74, 6) is 0.156. The van der Waals surface area contributed by atoms with E-state index in [4.69, 9.17) is 0 Å². The molecule has 0 aliphatic carbocycles. The first kappa shape index (κ1) is 11.6. The quantitative estimate of drug-likeness (QED) is 0.762. The molecular formula is C11H16N4O2. The van der Waals surface area contributed by atoms with Gasteiger partial charge in [-0.05, 0) is 0 Å². The molecule has 0 saturated carbocycles. The van der Waals surface area contributed by atoms with Crippen molar-refractivity contribution in [3.8, 4) is 0 Å². The van der Waals surface area contributed by atoms with E-state index in [-0.39, 0.29) is 11.8 Å². The largest absolute Gasteiger partial charge is 0.348 e. The van der Waals surface area contributed by atoms with Crippen molar-refractivity contribution in [1.29, 1.82) is 0 Å². The SMILES string of the molecule is CC(=O)N1CCN(C(=O)Cc2cnc[nH]2)CC1. The fourth-order valence-corrected chi connectivity index (χ4v) is 1.93. The van der Waals surface area contributed by atoms with Gasteiger partial charge in [-0.2, -0.15) is 0 Å². The van der Waals surface area contributed by atoms with Crippen LogP contribution in [-0.4, -0.2) is 57.8 Å². The van der Waals surface area contributed by atoms with Gasteiger partial charge in [0.05, 0.1) is 12.7 Å². The van der Waals surface area contributed by atoms with Crippen molar-refractivity contribution in [1.82, 2.24) is 19.8 Å². The number of aromatic nitrogens is 2. The van der Waals surface area contributed by atoms with E-state index in [1.807, 2.05) is 0 Å². The molecule has 6 heteroatoms. The molecule has 1 saturated heterocycles. The van der Waals surface area contributed by atoms with Crippen molar-refractivity contribution >= 4 is 11.8 Å². The second-order valence-corrected chi connectivity index (χ2v) is 4.14. The Bertz CT molecular complexity index is 394. The van der Waals surface area contributed by atoms with E-state index >= 15 is 0 Å². The Hall–Kier alpha value is -1.85. The van der Waals surface area contributed by atoms with Crippen molar-refractivity contribution in [2.75, 3.05) is 26.2 Å². The van der Waals surface area contributed by atoms with Gasteiger partial charge in [0.25, 0.3) is 0 Å². The molecule has 0 unspecified atom stereocenters. The fraction of sp³-hybridized carbons (Fsp3) is 0.545. The predicted molar refractivity (Wildman–Crippen MR) is 61.1 cm³/mol. The zero-order valence-electron chi connectivity index (χ0n) is 9.85. The Kier molecular flexibility index (Phi) is 3.41. The summed E-state index contributed by atoms with van der Waals surface area (Å²) in [4.78, 5) is 33.4. The first-order chi connectivity index (χ1) is 8.16. The van der Waals surface area contributed by atoms with Gasteiger partial charge in [-0.25, -0.2) is 4.98 Å². The molecule has 1 aliphatic heterocycles. The molecule has 17 heavy (non-hydrogen) atoms. The standard InChI is InChI=1S/C11H16N4O2/c1-9(16)14-2-4-15(5-3-14)11(17)6-10-7-12-8-13-10/h7-8H,2-6H2,1H3,(H,12,13). The zero-order chi connectivity index (χ0) is 12.3. The van der Waals surface area contributed by atoms with Crippen LogP contribution in [0.15, 0.2) is 12.5 Å². The molecule has 6 nitrogen and oxygen atoms in total. The summed E-state index contributed by atoms with van der Waals surface area (Å²) in [7, 11) is 0. The van der Waals surface area contributed by atoms with Gasteiger partial charge in [-0.1, -0.05) is 0 Å². The van der Waals surface area contributed by atoms with E-state index < -0.39 is 0 Å². The molecule has 0 aromatic carbocycles. The van der Waals surface area contributed by atoms with Crippen LogP contribution in [-0.2, 0) is 16.0 Å². The number of piperazine rings is 1. The third-order valence-corrected chi connectivity index (χ3v) is 2.97. The van der Waals surface area contributed by atoms with Crippen LogP contribution in [0, 0.1) is 0 Å². The molecule has 0 atom stereocenters. The van der Waals surface area contributed by atoms with Crippen molar-refractivity contribution in [3.05, 3.63) is 18.2 Å². The molecular weight excluding hydrogens is 220 g/mol. The van der Waals surface area contributed by atoms with Crippen LogP contribution in [0.3, 0.4) is 0 Å². The van der Waals surface area contributed by atoms with Gasteiger partial charge < -0.3 is 14.8 Å². The van der Waals surface area contributed by atoms with Gasteiger partial charge in [0.2, 0.25) is 11.8 Å². The van der Waals surface area contributed by atoms with E-state index in [0.29, 0.717) is 32.6 Å². The first-order valence-electron chi connectivity index (χ1n) is 5.67. The zero-order valence-corrected chi connectivity index (χ0v) is 9.85. The van der Waals surface area contributed by atoms with Crippen molar-refractivity contribution in [2.24, 2.45) is 0 Å². The van der Waals surface area contributed by atoms with E-state index in [0.717, 1.165) is 5.69 Å². The second-order valence-electron chi connectivity index (χ2n) is 4.14. The van der Waals surface area contributed by atoms with Crippen LogP contribution < -0.4 is 0 Å². The van der Waals surface area contributed by atoms with Crippen molar-refractivity contribution in [2.45, 2.75) is 13.3 Å². The van der Waals surface area contributed by atoms with Crippen LogP contribution in [0.1, 0.15) is 12.6 Å². The molecule has 1 aromatic rings. The van der Waals surface area contributed by atoms with Gasteiger partial charge in [-0.15, -0.1) is 0 Å². The number of H-pyrrole nitrogens is 1. The van der Waals surface area contributed by atoms with E-state index in [1.54, 1.807) is 29.2 Å². The number of amides is 2. The number of carbonyl (C=O) groups excluding carboxylic acids is 2. The van der Waals surface area contributed by atoms with Crippen LogP contribution in [0.2, 0.25) is 0 Å². The summed E-state index contributed by atoms with van der Waals surface area (Å²) in [6.45, 7) is 4.05. The van der Waals surface area contributed by atoms with Gasteiger partial charge >= 0.3 is 0 Å². The van der Waals surface area contributed by atoms with Crippen molar-refractivity contribution in [3.63, 3.8) is 0 Å². The maximum Gasteiger partial charge on any atom is 0.228 e. The van der Waals surface area contributed by atoms with Gasteiger partial charge in [0, 0.05) is 45.0 Å². The van der Waals surface area contributed by atoms with Crippen LogP contribution in [0.4, 0.5) is 0 Å². The number of imidazole rings is 1. The number of carbonyl (C=O) groups is 2. The monoisotopic (exact) mass is 236 g/mol. The Morgan fingerprint density at radius 2 is 1.94 bits per heavy atom. The minimum Gasteiger partial charge on any atom is -0.348 e. The Balaban J connectivity index is 1.84. The minimum absolute atomic E-state index is 0.0747. The lowest BCUT2D eigenvalue weighted by Gasteiger charge is -2.34. The molecule has 2 heterocycles. The molecule has 1 fully saturated rings. The third-order valence-electron chi connectivity index (χ3n) is 2.97. The molecule has 1 N–H and O–H groups in total. The summed E-state index contributed by atoms with van der Waals surface area (Å²) in [6, 6.07) is 0. The topological polar surface area (TPSA) is 69.3 Å². The molecule has 0 radical (unpaired) electrons. The number of hydrogen-bond donors (Lipinski definition) is 1. The van der Waals surface area contributed by atoms with E-state index in [9.17, 15) is 9.59 Å². The summed E-state index contributed by atoms with van der Waals surface area (Å²) < 4.78 is 0. The van der Waals surface area contributed by atoms with Crippen molar-refractivity contribution < 1.29 is 9.59 Å². The average Bonchev–Trinajstić information content (AvgIpc) is 2.82. The molecule has 0 bridgehead atoms. The highest BCUT2D eigenvalue weighted by atomic mass is 16.2. The lowest BCUT2D eigenvalue weighted by molar-refractivity contribution is -0.138. The number of hydrogen-bond acceptors (Lipinski definition) is 3. The van der Waals surface area contributed by atoms with Crippen LogP contribution in [0.5, 0.6) is 0 Å². The number of nitrogens with one attached hydrogen (secondary N) is 1. The fourth-order valence-electron chi connectivity index (χ4n) is 1.93.